The summed E-state index contributed by atoms with van der Waals surface area (Å²) >= 11 is 0. The van der Waals surface area contributed by atoms with Crippen molar-refractivity contribution in [3.63, 3.8) is 0 Å². The number of esters is 1. The molecule has 0 aliphatic heterocycles. The van der Waals surface area contributed by atoms with Crippen LogP contribution < -0.4 is 4.31 Å². The van der Waals surface area contributed by atoms with Gasteiger partial charge in [0.25, 0.3) is 0 Å². The Kier molecular flexibility index (Phi) is 5.77. The third-order valence-electron chi connectivity index (χ3n) is 2.96. The molecule has 0 aromatic heterocycles. The predicted octanol–water partition coefficient (Wildman–Crippen LogP) is 2.01. The number of carbonyl (C=O) groups excluding carboxylic acids is 2. The van der Waals surface area contributed by atoms with Crippen molar-refractivity contribution in [3.05, 3.63) is 41.5 Å². The van der Waals surface area contributed by atoms with Crippen molar-refractivity contribution in [2.45, 2.75) is 6.18 Å². The van der Waals surface area contributed by atoms with Gasteiger partial charge >= 0.3 is 12.1 Å². The van der Waals surface area contributed by atoms with Crippen LogP contribution in [0.3, 0.4) is 0 Å². The zero-order valence-electron chi connectivity index (χ0n) is 12.8. The third kappa shape index (κ3) is 4.57. The lowest BCUT2D eigenvalue weighted by atomic mass is 10.1. The number of benzene rings is 1. The minimum absolute atomic E-state index is 0.217. The Balaban J connectivity index is 3.50. The van der Waals surface area contributed by atoms with Gasteiger partial charge < -0.3 is 4.74 Å². The van der Waals surface area contributed by atoms with Crippen LogP contribution in [0.2, 0.25) is 0 Å². The molecule has 0 atom stereocenters. The maximum atomic E-state index is 12.9. The first-order chi connectivity index (χ1) is 10.9. The van der Waals surface area contributed by atoms with Crippen molar-refractivity contribution in [1.29, 1.82) is 0 Å². The molecule has 132 valence electrons. The number of hydrogen-bond acceptors (Lipinski definition) is 5. The Morgan fingerprint density at radius 3 is 2.38 bits per heavy atom. The highest BCUT2D eigenvalue weighted by Crippen LogP contribution is 2.34. The summed E-state index contributed by atoms with van der Waals surface area (Å²) in [6.45, 7) is 2.68. The molecule has 1 aromatic rings. The molecule has 1 rings (SSSR count). The lowest BCUT2D eigenvalue weighted by Gasteiger charge is -2.25. The molecule has 1 aromatic carbocycles. The van der Waals surface area contributed by atoms with E-state index in [1.54, 1.807) is 0 Å². The predicted molar refractivity (Wildman–Crippen MR) is 80.2 cm³/mol. The minimum Gasteiger partial charge on any atom is -0.466 e. The molecule has 0 fully saturated rings. The standard InChI is InChI=1S/C14H14F3NO5S/c1-9(13(20)23-2)7-18(24(3,21)22)12-6-11(14(15,16)17)5-4-10(12)8-19/h4-6,8H,1,7H2,2-3H3. The van der Waals surface area contributed by atoms with Crippen molar-refractivity contribution < 1.29 is 35.9 Å². The van der Waals surface area contributed by atoms with E-state index < -0.39 is 40.0 Å². The summed E-state index contributed by atoms with van der Waals surface area (Å²) in [6, 6.07) is 2.03. The van der Waals surface area contributed by atoms with Gasteiger partial charge in [-0.3, -0.25) is 9.10 Å². The Morgan fingerprint density at radius 1 is 1.38 bits per heavy atom. The summed E-state index contributed by atoms with van der Waals surface area (Å²) < 4.78 is 67.3. The monoisotopic (exact) mass is 365 g/mol. The highest BCUT2D eigenvalue weighted by molar-refractivity contribution is 7.92. The molecular formula is C14H14F3NO5S. The zero-order chi connectivity index (χ0) is 18.7. The lowest BCUT2D eigenvalue weighted by Crippen LogP contribution is -2.34. The molecule has 6 nitrogen and oxygen atoms in total. The fourth-order valence-corrected chi connectivity index (χ4v) is 2.70. The maximum Gasteiger partial charge on any atom is 0.416 e. The summed E-state index contributed by atoms with van der Waals surface area (Å²) in [7, 11) is -3.07. The van der Waals surface area contributed by atoms with Gasteiger partial charge in [0.15, 0.2) is 6.29 Å². The van der Waals surface area contributed by atoms with Crippen LogP contribution in [0.25, 0.3) is 0 Å². The second-order valence-corrected chi connectivity index (χ2v) is 6.66. The average Bonchev–Trinajstić information content (AvgIpc) is 2.48. The summed E-state index contributed by atoms with van der Waals surface area (Å²) in [4.78, 5) is 22.5. The number of nitrogens with zero attached hydrogens (tertiary/aromatic N) is 1. The molecule has 24 heavy (non-hydrogen) atoms. The quantitative estimate of drug-likeness (QED) is 0.438. The maximum absolute atomic E-state index is 12.9. The number of rotatable bonds is 6. The lowest BCUT2D eigenvalue weighted by molar-refractivity contribution is -0.138. The molecule has 0 heterocycles. The normalized spacial score (nSPS) is 11.7. The molecule has 0 bridgehead atoms. The van der Waals surface area contributed by atoms with Crippen molar-refractivity contribution in [2.24, 2.45) is 0 Å². The van der Waals surface area contributed by atoms with Crippen LogP contribution >= 0.6 is 0 Å². The second-order valence-electron chi connectivity index (χ2n) is 4.75. The Bertz CT molecular complexity index is 771. The van der Waals surface area contributed by atoms with E-state index in [1.165, 1.54) is 0 Å². The second kappa shape index (κ2) is 7.04. The van der Waals surface area contributed by atoms with Gasteiger partial charge in [0.1, 0.15) is 0 Å². The molecule has 10 heteroatoms. The van der Waals surface area contributed by atoms with Crippen molar-refractivity contribution >= 4 is 28.0 Å². The first-order valence-electron chi connectivity index (χ1n) is 6.32. The number of anilines is 1. The van der Waals surface area contributed by atoms with Gasteiger partial charge in [-0.05, 0) is 18.2 Å². The van der Waals surface area contributed by atoms with Crippen molar-refractivity contribution in [1.82, 2.24) is 0 Å². The number of halogens is 3. The van der Waals surface area contributed by atoms with E-state index in [1.807, 2.05) is 0 Å². The zero-order valence-corrected chi connectivity index (χ0v) is 13.6. The fourth-order valence-electron chi connectivity index (χ4n) is 1.80. The summed E-state index contributed by atoms with van der Waals surface area (Å²) in [5.74, 6) is -0.928. The summed E-state index contributed by atoms with van der Waals surface area (Å²) in [6.07, 6.45) is -3.79. The van der Waals surface area contributed by atoms with Crippen molar-refractivity contribution in [3.8, 4) is 0 Å². The van der Waals surface area contributed by atoms with Gasteiger partial charge in [-0.25, -0.2) is 13.2 Å². The first-order valence-corrected chi connectivity index (χ1v) is 8.17. The van der Waals surface area contributed by atoms with Gasteiger partial charge in [0.05, 0.1) is 36.7 Å². The molecule has 0 aliphatic rings. The van der Waals surface area contributed by atoms with Crippen LogP contribution in [-0.4, -0.2) is 40.6 Å². The molecule has 0 unspecified atom stereocenters. The fraction of sp³-hybridized carbons (Fsp3) is 0.286. The Morgan fingerprint density at radius 2 is 1.96 bits per heavy atom. The summed E-state index contributed by atoms with van der Waals surface area (Å²) in [5.41, 5.74) is -2.24. The SMILES string of the molecule is C=C(CN(c1cc(C(F)(F)F)ccc1C=O)S(C)(=O)=O)C(=O)OC. The number of carbonyl (C=O) groups is 2. The number of alkyl halides is 3. The minimum atomic E-state index is -4.74. The van der Waals surface area contributed by atoms with Gasteiger partial charge in [0.2, 0.25) is 10.0 Å². The van der Waals surface area contributed by atoms with E-state index in [2.05, 4.69) is 11.3 Å². The van der Waals surface area contributed by atoms with Crippen LogP contribution in [-0.2, 0) is 25.7 Å². The smallest absolute Gasteiger partial charge is 0.416 e. The molecule has 0 aliphatic carbocycles. The molecule has 0 saturated heterocycles. The Labute approximate surface area is 136 Å². The molecular weight excluding hydrogens is 351 g/mol. The van der Waals surface area contributed by atoms with Gasteiger partial charge in [0, 0.05) is 5.56 Å². The first kappa shape index (κ1) is 19.7. The average molecular weight is 365 g/mol. The van der Waals surface area contributed by atoms with Crippen LogP contribution in [0.1, 0.15) is 15.9 Å². The molecule has 0 radical (unpaired) electrons. The molecule has 0 amide bonds. The van der Waals surface area contributed by atoms with Crippen LogP contribution in [0.4, 0.5) is 18.9 Å². The van der Waals surface area contributed by atoms with E-state index in [4.69, 9.17) is 0 Å². The highest BCUT2D eigenvalue weighted by Gasteiger charge is 2.33. The van der Waals surface area contributed by atoms with E-state index >= 15 is 0 Å². The van der Waals surface area contributed by atoms with Gasteiger partial charge in [-0.1, -0.05) is 6.58 Å². The van der Waals surface area contributed by atoms with Gasteiger partial charge in [-0.2, -0.15) is 13.2 Å². The van der Waals surface area contributed by atoms with Gasteiger partial charge in [-0.15, -0.1) is 0 Å². The largest absolute Gasteiger partial charge is 0.466 e. The Hall–Kier alpha value is -2.36. The van der Waals surface area contributed by atoms with Crippen LogP contribution in [0, 0.1) is 0 Å². The van der Waals surface area contributed by atoms with E-state index in [0.29, 0.717) is 16.4 Å². The topological polar surface area (TPSA) is 80.8 Å². The summed E-state index contributed by atoms with van der Waals surface area (Å²) in [5, 5.41) is 0. The number of sulfonamides is 1. The third-order valence-corrected chi connectivity index (χ3v) is 4.09. The number of methoxy groups -OCH3 is 1. The van der Waals surface area contributed by atoms with E-state index in [0.717, 1.165) is 19.4 Å². The van der Waals surface area contributed by atoms with E-state index in [9.17, 15) is 31.2 Å². The van der Waals surface area contributed by atoms with Crippen LogP contribution in [0.5, 0.6) is 0 Å². The number of aldehydes is 1. The van der Waals surface area contributed by atoms with Crippen molar-refractivity contribution in [2.75, 3.05) is 24.2 Å². The number of hydrogen-bond donors (Lipinski definition) is 0. The molecule has 0 N–H and O–H groups in total. The molecule has 0 saturated carbocycles. The van der Waals surface area contributed by atoms with E-state index in [-0.39, 0.29) is 17.4 Å². The molecule has 0 spiro atoms. The number of ether oxygens (including phenoxy) is 1. The highest BCUT2D eigenvalue weighted by atomic mass is 32.2. The van der Waals surface area contributed by atoms with Crippen LogP contribution in [0.15, 0.2) is 30.4 Å².